The predicted octanol–water partition coefficient (Wildman–Crippen LogP) is 2.09. The Bertz CT molecular complexity index is 490. The smallest absolute Gasteiger partial charge is 0.310 e. The molecular weight excluding hydrogens is 246 g/mol. The van der Waals surface area contributed by atoms with Gasteiger partial charge in [-0.15, -0.1) is 0 Å². The highest BCUT2D eigenvalue weighted by atomic mass is 16.5. The Morgan fingerprint density at radius 3 is 2.26 bits per heavy atom. The van der Waals surface area contributed by atoms with Gasteiger partial charge in [0, 0.05) is 19.2 Å². The first-order valence-corrected chi connectivity index (χ1v) is 6.19. The van der Waals surface area contributed by atoms with Crippen LogP contribution in [0.25, 0.3) is 0 Å². The number of methoxy groups -OCH3 is 1. The number of aryl methyl sites for hydroxylation is 2. The predicted molar refractivity (Wildman–Crippen MR) is 71.1 cm³/mol. The van der Waals surface area contributed by atoms with Gasteiger partial charge >= 0.3 is 5.97 Å². The summed E-state index contributed by atoms with van der Waals surface area (Å²) >= 11 is 0. The van der Waals surface area contributed by atoms with Crippen molar-refractivity contribution >= 4 is 11.9 Å². The molecule has 0 N–H and O–H groups in total. The molecule has 1 heterocycles. The van der Waals surface area contributed by atoms with E-state index in [1.165, 1.54) is 12.0 Å². The normalized spacial score (nSPS) is 12.1. The molecule has 106 valence electrons. The molecule has 0 aliphatic carbocycles. The lowest BCUT2D eigenvalue weighted by atomic mass is 10.1. The van der Waals surface area contributed by atoms with Crippen LogP contribution in [-0.4, -0.2) is 37.5 Å². The number of furan rings is 1. The molecular formula is C14H21NO4. The molecule has 0 saturated carbocycles. The third kappa shape index (κ3) is 3.16. The number of nitrogens with zero attached hydrogens (tertiary/aromatic N) is 1. The minimum absolute atomic E-state index is 0.136. The van der Waals surface area contributed by atoms with Gasteiger partial charge in [0.1, 0.15) is 11.5 Å². The van der Waals surface area contributed by atoms with Crippen LogP contribution < -0.4 is 0 Å². The summed E-state index contributed by atoms with van der Waals surface area (Å²) in [4.78, 5) is 25.2. The first-order chi connectivity index (χ1) is 8.79. The second-order valence-corrected chi connectivity index (χ2v) is 4.82. The molecule has 5 heteroatoms. The molecule has 1 aromatic rings. The lowest BCUT2D eigenvalue weighted by Crippen LogP contribution is -2.34. The van der Waals surface area contributed by atoms with Crippen molar-refractivity contribution in [2.24, 2.45) is 5.92 Å². The summed E-state index contributed by atoms with van der Waals surface area (Å²) in [5, 5.41) is 0. The number of hydrogen-bond acceptors (Lipinski definition) is 4. The number of rotatable bonds is 4. The lowest BCUT2D eigenvalue weighted by molar-refractivity contribution is -0.145. The highest BCUT2D eigenvalue weighted by Crippen LogP contribution is 2.22. The maximum Gasteiger partial charge on any atom is 0.310 e. The Labute approximate surface area is 113 Å². The average Bonchev–Trinajstić information content (AvgIpc) is 2.61. The van der Waals surface area contributed by atoms with E-state index in [0.29, 0.717) is 17.9 Å². The van der Waals surface area contributed by atoms with E-state index in [1.807, 2.05) is 13.8 Å². The number of amides is 1. The number of ether oxygens (including phenoxy) is 1. The molecule has 0 radical (unpaired) electrons. The molecule has 0 fully saturated rings. The fourth-order valence-electron chi connectivity index (χ4n) is 2.07. The van der Waals surface area contributed by atoms with Crippen molar-refractivity contribution in [1.82, 2.24) is 4.90 Å². The van der Waals surface area contributed by atoms with Gasteiger partial charge in [-0.25, -0.2) is 0 Å². The van der Waals surface area contributed by atoms with Crippen LogP contribution in [0.4, 0.5) is 0 Å². The highest BCUT2D eigenvalue weighted by Gasteiger charge is 2.24. The van der Waals surface area contributed by atoms with E-state index in [4.69, 9.17) is 4.42 Å². The van der Waals surface area contributed by atoms with E-state index in [9.17, 15) is 9.59 Å². The van der Waals surface area contributed by atoms with E-state index in [-0.39, 0.29) is 17.8 Å². The molecule has 1 unspecified atom stereocenters. The molecule has 1 amide bonds. The largest absolute Gasteiger partial charge is 0.469 e. The molecule has 19 heavy (non-hydrogen) atoms. The third-order valence-electron chi connectivity index (χ3n) is 3.27. The van der Waals surface area contributed by atoms with Crippen LogP contribution in [0.2, 0.25) is 0 Å². The third-order valence-corrected chi connectivity index (χ3v) is 3.27. The molecule has 0 aromatic carbocycles. The van der Waals surface area contributed by atoms with E-state index in [1.54, 1.807) is 20.9 Å². The lowest BCUT2D eigenvalue weighted by Gasteiger charge is -2.20. The Morgan fingerprint density at radius 2 is 1.84 bits per heavy atom. The van der Waals surface area contributed by atoms with E-state index in [2.05, 4.69) is 4.74 Å². The minimum Gasteiger partial charge on any atom is -0.469 e. The summed E-state index contributed by atoms with van der Waals surface area (Å²) in [6.07, 6.45) is 0. The summed E-state index contributed by atoms with van der Waals surface area (Å²) < 4.78 is 10.1. The number of hydrogen-bond donors (Lipinski definition) is 0. The maximum atomic E-state index is 12.4. The van der Waals surface area contributed by atoms with Gasteiger partial charge in [0.05, 0.1) is 18.6 Å². The van der Waals surface area contributed by atoms with Gasteiger partial charge in [0.25, 0.3) is 5.91 Å². The molecule has 0 aliphatic heterocycles. The van der Waals surface area contributed by atoms with Crippen molar-refractivity contribution in [3.8, 4) is 0 Å². The molecule has 0 bridgehead atoms. The molecule has 5 nitrogen and oxygen atoms in total. The van der Waals surface area contributed by atoms with Crippen molar-refractivity contribution < 1.29 is 18.7 Å². The molecule has 0 aliphatic rings. The van der Waals surface area contributed by atoms with E-state index < -0.39 is 0 Å². The Hall–Kier alpha value is -1.78. The van der Waals surface area contributed by atoms with Crippen LogP contribution in [0.1, 0.15) is 34.4 Å². The SMILES string of the molecule is COC(=O)C(C)CN(C)C(=O)c1c(C)oc(C)c1C. The van der Waals surface area contributed by atoms with Gasteiger partial charge in [-0.2, -0.15) is 0 Å². The van der Waals surface area contributed by atoms with Crippen LogP contribution in [0.3, 0.4) is 0 Å². The Kier molecular flexibility index (Phi) is 4.75. The molecule has 1 rings (SSSR count). The van der Waals surface area contributed by atoms with Gasteiger partial charge in [0.15, 0.2) is 0 Å². The summed E-state index contributed by atoms with van der Waals surface area (Å²) in [6, 6.07) is 0. The Balaban J connectivity index is 2.86. The van der Waals surface area contributed by atoms with E-state index in [0.717, 1.165) is 11.3 Å². The van der Waals surface area contributed by atoms with Crippen LogP contribution in [0, 0.1) is 26.7 Å². The Morgan fingerprint density at radius 1 is 1.26 bits per heavy atom. The zero-order valence-electron chi connectivity index (χ0n) is 12.4. The molecule has 1 aromatic heterocycles. The van der Waals surface area contributed by atoms with Crippen molar-refractivity contribution in [2.75, 3.05) is 20.7 Å². The summed E-state index contributed by atoms with van der Waals surface area (Å²) in [5.41, 5.74) is 1.43. The van der Waals surface area contributed by atoms with Crippen LogP contribution in [-0.2, 0) is 9.53 Å². The average molecular weight is 267 g/mol. The topological polar surface area (TPSA) is 59.8 Å². The van der Waals surface area contributed by atoms with Crippen molar-refractivity contribution in [2.45, 2.75) is 27.7 Å². The number of carbonyl (C=O) groups is 2. The van der Waals surface area contributed by atoms with Gasteiger partial charge in [0.2, 0.25) is 0 Å². The summed E-state index contributed by atoms with van der Waals surface area (Å²) in [5.74, 6) is 0.541. The highest BCUT2D eigenvalue weighted by molar-refractivity contribution is 5.96. The van der Waals surface area contributed by atoms with Crippen LogP contribution >= 0.6 is 0 Å². The van der Waals surface area contributed by atoms with Crippen molar-refractivity contribution in [3.05, 3.63) is 22.6 Å². The fraction of sp³-hybridized carbons (Fsp3) is 0.571. The van der Waals surface area contributed by atoms with Crippen molar-refractivity contribution in [3.63, 3.8) is 0 Å². The number of esters is 1. The van der Waals surface area contributed by atoms with Gasteiger partial charge in [-0.3, -0.25) is 9.59 Å². The zero-order valence-corrected chi connectivity index (χ0v) is 12.4. The van der Waals surface area contributed by atoms with Gasteiger partial charge in [-0.1, -0.05) is 6.92 Å². The second-order valence-electron chi connectivity index (χ2n) is 4.82. The zero-order chi connectivity index (χ0) is 14.7. The maximum absolute atomic E-state index is 12.4. The van der Waals surface area contributed by atoms with Gasteiger partial charge < -0.3 is 14.1 Å². The quantitative estimate of drug-likeness (QED) is 0.784. The first-order valence-electron chi connectivity index (χ1n) is 6.19. The molecule has 0 spiro atoms. The molecule has 1 atom stereocenters. The molecule has 0 saturated heterocycles. The van der Waals surface area contributed by atoms with Crippen molar-refractivity contribution in [1.29, 1.82) is 0 Å². The minimum atomic E-state index is -0.354. The van der Waals surface area contributed by atoms with Crippen LogP contribution in [0.15, 0.2) is 4.42 Å². The summed E-state index contributed by atoms with van der Waals surface area (Å²) in [7, 11) is 3.01. The van der Waals surface area contributed by atoms with Gasteiger partial charge in [-0.05, 0) is 20.8 Å². The monoisotopic (exact) mass is 267 g/mol. The first kappa shape index (κ1) is 15.3. The second kappa shape index (κ2) is 5.91. The van der Waals surface area contributed by atoms with E-state index >= 15 is 0 Å². The number of carbonyl (C=O) groups excluding carboxylic acids is 2. The fourth-order valence-corrected chi connectivity index (χ4v) is 2.07. The standard InChI is InChI=1S/C14H21NO4/c1-8(14(17)18-6)7-15(5)13(16)12-9(2)10(3)19-11(12)4/h8H,7H2,1-6H3. The van der Waals surface area contributed by atoms with Crippen LogP contribution in [0.5, 0.6) is 0 Å². The summed E-state index contributed by atoms with van der Waals surface area (Å²) in [6.45, 7) is 7.50.